The van der Waals surface area contributed by atoms with Crippen molar-refractivity contribution in [1.82, 2.24) is 15.1 Å². The van der Waals surface area contributed by atoms with E-state index < -0.39 is 0 Å². The summed E-state index contributed by atoms with van der Waals surface area (Å²) in [4.78, 5) is 32.7. The van der Waals surface area contributed by atoms with Gasteiger partial charge in [-0.05, 0) is 42.2 Å². The molecule has 0 atom stereocenters. The Morgan fingerprint density at radius 3 is 2.64 bits per heavy atom. The molecule has 1 N–H and O–H groups in total. The van der Waals surface area contributed by atoms with Crippen molar-refractivity contribution in [2.45, 2.75) is 44.3 Å². The molecule has 0 bridgehead atoms. The number of anilines is 1. The molecule has 2 fully saturated rings. The smallest absolute Gasteiger partial charge is 0.325 e. The number of urea groups is 1. The molecule has 0 aromatic heterocycles. The van der Waals surface area contributed by atoms with Crippen LogP contribution in [0.2, 0.25) is 0 Å². The number of hydrogen-bond donors (Lipinski definition) is 1. The molecule has 2 aromatic rings. The Bertz CT molecular complexity index is 1080. The van der Waals surface area contributed by atoms with Gasteiger partial charge >= 0.3 is 6.03 Å². The number of carbonyl (C=O) groups is 2. The largest absolute Gasteiger partial charge is 0.497 e. The molecular weight excluding hydrogens is 456 g/mol. The predicted octanol–water partition coefficient (Wildman–Crippen LogP) is 3.40. The Balaban J connectivity index is 1.28. The Morgan fingerprint density at radius 2 is 1.86 bits per heavy atom. The van der Waals surface area contributed by atoms with E-state index in [1.807, 2.05) is 48.5 Å². The number of rotatable bonds is 8. The van der Waals surface area contributed by atoms with Gasteiger partial charge in [-0.1, -0.05) is 43.2 Å². The average Bonchev–Trinajstić information content (AvgIpc) is 3.41. The van der Waals surface area contributed by atoms with E-state index in [-0.39, 0.29) is 24.0 Å². The van der Waals surface area contributed by atoms with Crippen molar-refractivity contribution in [2.24, 2.45) is 0 Å². The molecule has 192 valence electrons. The lowest BCUT2D eigenvalue weighted by atomic mass is 9.94. The van der Waals surface area contributed by atoms with E-state index in [1.165, 1.54) is 12.8 Å². The van der Waals surface area contributed by atoms with Crippen LogP contribution < -0.4 is 15.0 Å². The monoisotopic (exact) mass is 492 g/mol. The molecule has 2 aromatic carbocycles. The number of fused-ring (bicyclic) bond motifs is 1. The first kappa shape index (κ1) is 24.6. The standard InChI is InChI=1S/C28H36N4O4/c1-35-24-9-6-7-22(17-24)18-30-19-23-8-2-3-10-25(23)32(27(30)34)20-26(33)29-21-28(11-4-5-12-28)31-13-15-36-16-14-31/h2-3,6-10,17H,4-5,11-16,18-21H2,1H3,(H,29,33). The van der Waals surface area contributed by atoms with Crippen LogP contribution in [0.3, 0.4) is 0 Å². The summed E-state index contributed by atoms with van der Waals surface area (Å²) in [6.45, 7) is 4.88. The zero-order valence-electron chi connectivity index (χ0n) is 21.1. The first-order valence-corrected chi connectivity index (χ1v) is 12.9. The number of ether oxygens (including phenoxy) is 2. The summed E-state index contributed by atoms with van der Waals surface area (Å²) >= 11 is 0. The van der Waals surface area contributed by atoms with Crippen molar-refractivity contribution < 1.29 is 19.1 Å². The molecule has 0 radical (unpaired) electrons. The second kappa shape index (κ2) is 10.9. The van der Waals surface area contributed by atoms with E-state index in [9.17, 15) is 9.59 Å². The maximum atomic E-state index is 13.6. The molecule has 3 amide bonds. The number of morpholine rings is 1. The number of methoxy groups -OCH3 is 1. The number of nitrogens with zero attached hydrogens (tertiary/aromatic N) is 3. The first-order valence-electron chi connectivity index (χ1n) is 12.9. The zero-order valence-corrected chi connectivity index (χ0v) is 21.1. The lowest BCUT2D eigenvalue weighted by molar-refractivity contribution is -0.120. The minimum Gasteiger partial charge on any atom is -0.497 e. The number of para-hydroxylation sites is 1. The minimum atomic E-state index is -0.157. The van der Waals surface area contributed by atoms with Gasteiger partial charge in [-0.2, -0.15) is 0 Å². The van der Waals surface area contributed by atoms with E-state index in [1.54, 1.807) is 16.9 Å². The number of hydrogen-bond acceptors (Lipinski definition) is 5. The van der Waals surface area contributed by atoms with Gasteiger partial charge in [0.15, 0.2) is 0 Å². The molecule has 5 rings (SSSR count). The molecule has 8 nitrogen and oxygen atoms in total. The lowest BCUT2D eigenvalue weighted by Gasteiger charge is -2.43. The highest BCUT2D eigenvalue weighted by molar-refractivity contribution is 5.99. The van der Waals surface area contributed by atoms with Crippen molar-refractivity contribution >= 4 is 17.6 Å². The van der Waals surface area contributed by atoms with E-state index in [2.05, 4.69) is 10.2 Å². The van der Waals surface area contributed by atoms with Crippen LogP contribution in [0.5, 0.6) is 5.75 Å². The molecule has 3 aliphatic rings. The Morgan fingerprint density at radius 1 is 1.08 bits per heavy atom. The Labute approximate surface area is 213 Å². The molecule has 1 saturated heterocycles. The van der Waals surface area contributed by atoms with Gasteiger partial charge in [0, 0.05) is 38.3 Å². The lowest BCUT2D eigenvalue weighted by Crippen LogP contribution is -2.58. The summed E-state index contributed by atoms with van der Waals surface area (Å²) in [7, 11) is 1.64. The van der Waals surface area contributed by atoms with Crippen molar-refractivity contribution in [3.8, 4) is 5.75 Å². The van der Waals surface area contributed by atoms with Crippen LogP contribution in [0.25, 0.3) is 0 Å². The van der Waals surface area contributed by atoms with Gasteiger partial charge in [0.05, 0.1) is 26.0 Å². The van der Waals surface area contributed by atoms with Crippen molar-refractivity contribution in [2.75, 3.05) is 51.4 Å². The molecule has 2 heterocycles. The van der Waals surface area contributed by atoms with Crippen molar-refractivity contribution in [3.63, 3.8) is 0 Å². The van der Waals surface area contributed by atoms with Gasteiger partial charge in [-0.25, -0.2) is 4.79 Å². The van der Waals surface area contributed by atoms with Crippen molar-refractivity contribution in [1.29, 1.82) is 0 Å². The van der Waals surface area contributed by atoms with Crippen LogP contribution >= 0.6 is 0 Å². The van der Waals surface area contributed by atoms with Crippen LogP contribution in [0.4, 0.5) is 10.5 Å². The highest BCUT2D eigenvalue weighted by atomic mass is 16.5. The SMILES string of the molecule is COc1cccc(CN2Cc3ccccc3N(CC(=O)NCC3(N4CCOCC4)CCCC3)C2=O)c1. The second-order valence-electron chi connectivity index (χ2n) is 10.0. The highest BCUT2D eigenvalue weighted by Gasteiger charge is 2.40. The molecule has 0 spiro atoms. The summed E-state index contributed by atoms with van der Waals surface area (Å²) in [6, 6.07) is 15.4. The summed E-state index contributed by atoms with van der Waals surface area (Å²) < 4.78 is 10.9. The van der Waals surface area contributed by atoms with Gasteiger partial charge in [0.25, 0.3) is 0 Å². The number of amides is 3. The van der Waals surface area contributed by atoms with Crippen molar-refractivity contribution in [3.05, 3.63) is 59.7 Å². The normalized spacial score (nSPS) is 19.8. The number of benzene rings is 2. The highest BCUT2D eigenvalue weighted by Crippen LogP contribution is 2.35. The zero-order chi connectivity index (χ0) is 25.0. The topological polar surface area (TPSA) is 74.3 Å². The third-order valence-electron chi connectivity index (χ3n) is 7.79. The minimum absolute atomic E-state index is 0.00164. The Hall–Kier alpha value is -3.10. The molecular formula is C28H36N4O4. The quantitative estimate of drug-likeness (QED) is 0.612. The summed E-state index contributed by atoms with van der Waals surface area (Å²) in [6.07, 6.45) is 4.55. The first-order chi connectivity index (χ1) is 17.6. The van der Waals surface area contributed by atoms with Crippen LogP contribution in [0, 0.1) is 0 Å². The van der Waals surface area contributed by atoms with E-state index in [0.717, 1.165) is 61.7 Å². The number of carbonyl (C=O) groups excluding carboxylic acids is 2. The molecule has 2 aliphatic heterocycles. The van der Waals surface area contributed by atoms with E-state index in [0.29, 0.717) is 19.6 Å². The summed E-state index contributed by atoms with van der Waals surface area (Å²) in [5.74, 6) is 0.635. The second-order valence-corrected chi connectivity index (χ2v) is 10.0. The van der Waals surface area contributed by atoms with Crippen LogP contribution in [0.1, 0.15) is 36.8 Å². The summed E-state index contributed by atoms with van der Waals surface area (Å²) in [5, 5.41) is 3.19. The molecule has 1 aliphatic carbocycles. The molecule has 36 heavy (non-hydrogen) atoms. The van der Waals surface area contributed by atoms with Gasteiger partial charge in [-0.3, -0.25) is 14.6 Å². The Kier molecular flexibility index (Phi) is 7.43. The van der Waals surface area contributed by atoms with Crippen LogP contribution in [0.15, 0.2) is 48.5 Å². The fourth-order valence-corrected chi connectivity index (χ4v) is 5.86. The van der Waals surface area contributed by atoms with Crippen LogP contribution in [-0.2, 0) is 22.6 Å². The fraction of sp³-hybridized carbons (Fsp3) is 0.500. The molecule has 8 heteroatoms. The van der Waals surface area contributed by atoms with Crippen LogP contribution in [-0.4, -0.2) is 73.8 Å². The third-order valence-corrected chi connectivity index (χ3v) is 7.79. The van der Waals surface area contributed by atoms with Gasteiger partial charge in [0.2, 0.25) is 5.91 Å². The average molecular weight is 493 g/mol. The maximum Gasteiger partial charge on any atom is 0.325 e. The predicted molar refractivity (Wildman–Crippen MR) is 138 cm³/mol. The fourth-order valence-electron chi connectivity index (χ4n) is 5.86. The molecule has 0 unspecified atom stereocenters. The molecule has 1 saturated carbocycles. The van der Waals surface area contributed by atoms with E-state index in [4.69, 9.17) is 9.47 Å². The van der Waals surface area contributed by atoms with Gasteiger partial charge < -0.3 is 19.7 Å². The van der Waals surface area contributed by atoms with Gasteiger partial charge in [0.1, 0.15) is 12.3 Å². The number of nitrogens with one attached hydrogen (secondary N) is 1. The maximum absolute atomic E-state index is 13.6. The van der Waals surface area contributed by atoms with Gasteiger partial charge in [-0.15, -0.1) is 0 Å². The van der Waals surface area contributed by atoms with E-state index >= 15 is 0 Å². The summed E-state index contributed by atoms with van der Waals surface area (Å²) in [5.41, 5.74) is 2.83. The third kappa shape index (κ3) is 5.20.